The molecule has 1 aromatic carbocycles. The van der Waals surface area contributed by atoms with Crippen LogP contribution < -0.4 is 11.3 Å². The largest absolute Gasteiger partial charge is 0.423 e. The number of nitrogens with one attached hydrogen (secondary N) is 1. The van der Waals surface area contributed by atoms with Gasteiger partial charge in [0.05, 0.1) is 0 Å². The van der Waals surface area contributed by atoms with E-state index in [1.54, 1.807) is 0 Å². The maximum atomic E-state index is 5.39. The number of hydrogen-bond donors (Lipinski definition) is 2. The van der Waals surface area contributed by atoms with Crippen LogP contribution in [0.3, 0.4) is 0 Å². The molecule has 0 bridgehead atoms. The number of hydrogen-bond acceptors (Lipinski definition) is 4. The molecule has 3 N–H and O–H groups in total. The van der Waals surface area contributed by atoms with E-state index in [9.17, 15) is 0 Å². The van der Waals surface area contributed by atoms with Crippen LogP contribution in [-0.4, -0.2) is 4.98 Å². The molecule has 0 amide bonds. The van der Waals surface area contributed by atoms with Crippen LogP contribution in [-0.2, 0) is 0 Å². The van der Waals surface area contributed by atoms with Crippen LogP contribution in [0, 0.1) is 20.8 Å². The lowest BCUT2D eigenvalue weighted by molar-refractivity contribution is 0.616. The zero-order valence-electron chi connectivity index (χ0n) is 8.51. The summed E-state index contributed by atoms with van der Waals surface area (Å²) < 4.78 is 5.39. The minimum Gasteiger partial charge on any atom is -0.423 e. The van der Waals surface area contributed by atoms with Crippen LogP contribution in [0.15, 0.2) is 10.5 Å². The number of hydrazine groups is 1. The summed E-state index contributed by atoms with van der Waals surface area (Å²) >= 11 is 0. The minimum atomic E-state index is 0.355. The SMILES string of the molecule is Cc1cc2oc(NN)nc2c(C)c1C. The smallest absolute Gasteiger partial charge is 0.310 e. The quantitative estimate of drug-likeness (QED) is 0.534. The third kappa shape index (κ3) is 1.15. The van der Waals surface area contributed by atoms with Crippen molar-refractivity contribution in [3.63, 3.8) is 0 Å². The number of nitrogens with zero attached hydrogens (tertiary/aromatic N) is 1. The average Bonchev–Trinajstić information content (AvgIpc) is 2.57. The molecule has 0 aliphatic rings. The summed E-state index contributed by atoms with van der Waals surface area (Å²) in [5.41, 5.74) is 7.65. The predicted molar refractivity (Wildman–Crippen MR) is 56.0 cm³/mol. The number of fused-ring (bicyclic) bond motifs is 1. The van der Waals surface area contributed by atoms with Gasteiger partial charge in [-0.2, -0.15) is 4.98 Å². The van der Waals surface area contributed by atoms with Gasteiger partial charge in [0.2, 0.25) is 0 Å². The van der Waals surface area contributed by atoms with Crippen molar-refractivity contribution >= 4 is 17.1 Å². The fourth-order valence-electron chi connectivity index (χ4n) is 1.54. The second-order valence-corrected chi connectivity index (χ2v) is 3.45. The molecule has 0 saturated carbocycles. The predicted octanol–water partition coefficient (Wildman–Crippen LogP) is 2.04. The molecule has 4 heteroatoms. The molecule has 0 aliphatic heterocycles. The van der Waals surface area contributed by atoms with Gasteiger partial charge in [-0.25, -0.2) is 5.84 Å². The molecule has 74 valence electrons. The fraction of sp³-hybridized carbons (Fsp3) is 0.300. The summed E-state index contributed by atoms with van der Waals surface area (Å²) in [7, 11) is 0. The number of aryl methyl sites for hydroxylation is 2. The molecule has 0 fully saturated rings. The Balaban J connectivity index is 2.81. The number of oxazole rings is 1. The van der Waals surface area contributed by atoms with Gasteiger partial charge in [-0.15, -0.1) is 0 Å². The third-order valence-electron chi connectivity index (χ3n) is 2.63. The second kappa shape index (κ2) is 2.99. The van der Waals surface area contributed by atoms with Gasteiger partial charge in [0.15, 0.2) is 5.58 Å². The van der Waals surface area contributed by atoms with Gasteiger partial charge in [-0.3, -0.25) is 5.43 Å². The molecule has 0 atom stereocenters. The van der Waals surface area contributed by atoms with Crippen molar-refractivity contribution in [1.29, 1.82) is 0 Å². The normalized spacial score (nSPS) is 10.9. The first-order valence-corrected chi connectivity index (χ1v) is 4.47. The molecule has 2 rings (SSSR count). The summed E-state index contributed by atoms with van der Waals surface area (Å²) in [4.78, 5) is 4.23. The van der Waals surface area contributed by atoms with Crippen LogP contribution in [0.4, 0.5) is 6.01 Å². The van der Waals surface area contributed by atoms with Crippen molar-refractivity contribution < 1.29 is 4.42 Å². The molecule has 0 saturated heterocycles. The van der Waals surface area contributed by atoms with E-state index >= 15 is 0 Å². The lowest BCUT2D eigenvalue weighted by Crippen LogP contribution is -2.06. The first kappa shape index (κ1) is 9.02. The summed E-state index contributed by atoms with van der Waals surface area (Å²) in [5, 5.41) is 0. The van der Waals surface area contributed by atoms with E-state index in [0.29, 0.717) is 6.01 Å². The van der Waals surface area contributed by atoms with Crippen molar-refractivity contribution in [2.24, 2.45) is 5.84 Å². The van der Waals surface area contributed by atoms with Gasteiger partial charge in [0, 0.05) is 0 Å². The minimum absolute atomic E-state index is 0.355. The van der Waals surface area contributed by atoms with E-state index in [4.69, 9.17) is 10.3 Å². The number of aromatic nitrogens is 1. The Labute approximate surface area is 82.1 Å². The van der Waals surface area contributed by atoms with Crippen molar-refractivity contribution in [3.8, 4) is 0 Å². The molecule has 0 unspecified atom stereocenters. The van der Waals surface area contributed by atoms with E-state index < -0.39 is 0 Å². The Kier molecular flexibility index (Phi) is 1.93. The van der Waals surface area contributed by atoms with Gasteiger partial charge in [-0.1, -0.05) is 0 Å². The zero-order valence-corrected chi connectivity index (χ0v) is 8.51. The summed E-state index contributed by atoms with van der Waals surface area (Å²) in [6.45, 7) is 6.17. The molecule has 0 radical (unpaired) electrons. The van der Waals surface area contributed by atoms with Crippen LogP contribution in [0.2, 0.25) is 0 Å². The Bertz CT molecular complexity index is 488. The Morgan fingerprint density at radius 3 is 2.64 bits per heavy atom. The fourth-order valence-corrected chi connectivity index (χ4v) is 1.54. The molecule has 14 heavy (non-hydrogen) atoms. The molecular weight excluding hydrogens is 178 g/mol. The third-order valence-corrected chi connectivity index (χ3v) is 2.63. The van der Waals surface area contributed by atoms with Gasteiger partial charge in [0.1, 0.15) is 5.52 Å². The first-order chi connectivity index (χ1) is 6.63. The standard InChI is InChI=1S/C10H13N3O/c1-5-4-8-9(7(3)6(5)2)12-10(13-11)14-8/h4H,11H2,1-3H3,(H,12,13). The van der Waals surface area contributed by atoms with Crippen molar-refractivity contribution in [3.05, 3.63) is 22.8 Å². The highest BCUT2D eigenvalue weighted by atomic mass is 16.4. The number of anilines is 1. The van der Waals surface area contributed by atoms with E-state index in [0.717, 1.165) is 16.7 Å². The average molecular weight is 191 g/mol. The summed E-state index contributed by atoms with van der Waals surface area (Å²) in [6.07, 6.45) is 0. The highest BCUT2D eigenvalue weighted by Crippen LogP contribution is 2.26. The Morgan fingerprint density at radius 2 is 2.00 bits per heavy atom. The number of nitrogen functional groups attached to an aromatic ring is 1. The Hall–Kier alpha value is -1.55. The maximum Gasteiger partial charge on any atom is 0.310 e. The van der Waals surface area contributed by atoms with Gasteiger partial charge >= 0.3 is 6.01 Å². The van der Waals surface area contributed by atoms with Crippen LogP contribution in [0.5, 0.6) is 0 Å². The summed E-state index contributed by atoms with van der Waals surface area (Å²) in [5.74, 6) is 5.23. The molecule has 2 aromatic rings. The highest BCUT2D eigenvalue weighted by Gasteiger charge is 2.10. The number of rotatable bonds is 1. The lowest BCUT2D eigenvalue weighted by atomic mass is 10.0. The molecule has 1 heterocycles. The van der Waals surface area contributed by atoms with E-state index in [1.165, 1.54) is 11.1 Å². The van der Waals surface area contributed by atoms with Crippen molar-refractivity contribution in [2.75, 3.05) is 5.43 Å². The highest BCUT2D eigenvalue weighted by molar-refractivity contribution is 5.80. The van der Waals surface area contributed by atoms with Crippen molar-refractivity contribution in [1.82, 2.24) is 4.98 Å². The van der Waals surface area contributed by atoms with Crippen molar-refractivity contribution in [2.45, 2.75) is 20.8 Å². The number of nitrogens with two attached hydrogens (primary N) is 1. The molecule has 0 aliphatic carbocycles. The molecular formula is C10H13N3O. The van der Waals surface area contributed by atoms with Gasteiger partial charge < -0.3 is 4.42 Å². The van der Waals surface area contributed by atoms with Gasteiger partial charge in [0.25, 0.3) is 0 Å². The van der Waals surface area contributed by atoms with Gasteiger partial charge in [-0.05, 0) is 43.5 Å². The maximum absolute atomic E-state index is 5.39. The van der Waals surface area contributed by atoms with E-state index in [2.05, 4.69) is 24.3 Å². The first-order valence-electron chi connectivity index (χ1n) is 4.47. The topological polar surface area (TPSA) is 64.1 Å². The Morgan fingerprint density at radius 1 is 1.29 bits per heavy atom. The molecule has 1 aromatic heterocycles. The van der Waals surface area contributed by atoms with E-state index in [1.807, 2.05) is 13.0 Å². The van der Waals surface area contributed by atoms with Crippen LogP contribution >= 0.6 is 0 Å². The molecule has 0 spiro atoms. The molecule has 4 nitrogen and oxygen atoms in total. The van der Waals surface area contributed by atoms with Crippen LogP contribution in [0.1, 0.15) is 16.7 Å². The monoisotopic (exact) mass is 191 g/mol. The second-order valence-electron chi connectivity index (χ2n) is 3.45. The number of benzene rings is 1. The zero-order chi connectivity index (χ0) is 10.3. The lowest BCUT2D eigenvalue weighted by Gasteiger charge is -2.02. The van der Waals surface area contributed by atoms with Crippen LogP contribution in [0.25, 0.3) is 11.1 Å². The van der Waals surface area contributed by atoms with E-state index in [-0.39, 0.29) is 0 Å². The summed E-state index contributed by atoms with van der Waals surface area (Å²) in [6, 6.07) is 2.33.